The second-order valence-electron chi connectivity index (χ2n) is 1.95. The second kappa shape index (κ2) is 5.35. The van der Waals surface area contributed by atoms with E-state index in [1.807, 2.05) is 18.2 Å². The maximum absolute atomic E-state index is 10.9. The van der Waals surface area contributed by atoms with Crippen molar-refractivity contribution in [3.8, 4) is 0 Å². The molecule has 2 nitrogen and oxygen atoms in total. The third-order valence-electron chi connectivity index (χ3n) is 1.26. The molecule has 0 radical (unpaired) electrons. The van der Waals surface area contributed by atoms with E-state index in [-0.39, 0.29) is 35.5 Å². The average molecular weight is 158 g/mol. The fraction of sp³-hybridized carbons (Fsp3) is 0.125. The third kappa shape index (κ3) is 3.06. The summed E-state index contributed by atoms with van der Waals surface area (Å²) in [6, 6.07) is 9.11. The molecule has 1 N–H and O–H groups in total. The molecule has 0 saturated heterocycles. The molecule has 1 aromatic rings. The number of carbonyl (C=O) groups excluding carboxylic acids is 1. The van der Waals surface area contributed by atoms with E-state index in [0.717, 1.165) is 0 Å². The first-order chi connectivity index (χ1) is 4.84. The summed E-state index contributed by atoms with van der Waals surface area (Å²) in [6.45, 7) is 0. The Bertz CT molecular complexity index is 223. The molecule has 0 aliphatic rings. The molecule has 3 heteroatoms. The molecular formula is C8H9NNaO+. The number of benzene rings is 1. The number of amides is 1. The number of hydrogen-bond donors (Lipinski definition) is 1. The van der Waals surface area contributed by atoms with Gasteiger partial charge in [0.2, 0.25) is 0 Å². The maximum atomic E-state index is 10.9. The van der Waals surface area contributed by atoms with Crippen molar-refractivity contribution in [1.82, 2.24) is 5.32 Å². The van der Waals surface area contributed by atoms with E-state index < -0.39 is 0 Å². The van der Waals surface area contributed by atoms with Gasteiger partial charge < -0.3 is 5.32 Å². The summed E-state index contributed by atoms with van der Waals surface area (Å²) >= 11 is 0. The van der Waals surface area contributed by atoms with Gasteiger partial charge in [0.1, 0.15) is 0 Å². The Hall–Kier alpha value is -0.310. The van der Waals surface area contributed by atoms with Crippen LogP contribution >= 0.6 is 0 Å². The van der Waals surface area contributed by atoms with Crippen molar-refractivity contribution in [2.24, 2.45) is 0 Å². The zero-order valence-electron chi connectivity index (χ0n) is 6.79. The van der Waals surface area contributed by atoms with Crippen LogP contribution in [0.3, 0.4) is 0 Å². The van der Waals surface area contributed by atoms with Gasteiger partial charge in [-0.2, -0.15) is 0 Å². The topological polar surface area (TPSA) is 29.1 Å². The fourth-order valence-electron chi connectivity index (χ4n) is 0.734. The van der Waals surface area contributed by atoms with Crippen molar-refractivity contribution in [2.45, 2.75) is 0 Å². The summed E-state index contributed by atoms with van der Waals surface area (Å²) in [5.41, 5.74) is 0.699. The molecule has 1 amide bonds. The monoisotopic (exact) mass is 158 g/mol. The molecule has 0 atom stereocenters. The Kier molecular flexibility index (Phi) is 5.20. The van der Waals surface area contributed by atoms with E-state index in [0.29, 0.717) is 5.56 Å². The minimum Gasteiger partial charge on any atom is -0.355 e. The zero-order valence-corrected chi connectivity index (χ0v) is 8.79. The van der Waals surface area contributed by atoms with Gasteiger partial charge in [-0.1, -0.05) is 18.2 Å². The Morgan fingerprint density at radius 3 is 2.27 bits per heavy atom. The van der Waals surface area contributed by atoms with E-state index in [4.69, 9.17) is 0 Å². The largest absolute Gasteiger partial charge is 1.00 e. The Morgan fingerprint density at radius 2 is 1.82 bits per heavy atom. The van der Waals surface area contributed by atoms with E-state index in [1.54, 1.807) is 19.2 Å². The first-order valence-corrected chi connectivity index (χ1v) is 3.11. The standard InChI is InChI=1S/C8H9NO.Na/c1-9-8(10)7-5-3-2-4-6-7;/h2-6H,1H3,(H,9,10);/q;+1. The SMILES string of the molecule is CNC(=O)c1ccccc1.[Na+]. The predicted molar refractivity (Wildman–Crippen MR) is 39.8 cm³/mol. The van der Waals surface area contributed by atoms with Crippen LogP contribution in [0.25, 0.3) is 0 Å². The van der Waals surface area contributed by atoms with Crippen LogP contribution in [-0.4, -0.2) is 13.0 Å². The minimum atomic E-state index is -0.0411. The molecule has 0 aliphatic carbocycles. The Labute approximate surface area is 88.3 Å². The first kappa shape index (κ1) is 10.7. The summed E-state index contributed by atoms with van der Waals surface area (Å²) in [7, 11) is 1.62. The predicted octanol–water partition coefficient (Wildman–Crippen LogP) is -1.95. The molecule has 0 aliphatic heterocycles. The molecule has 11 heavy (non-hydrogen) atoms. The molecule has 1 aromatic carbocycles. The summed E-state index contributed by atoms with van der Waals surface area (Å²) in [5.74, 6) is -0.0411. The number of hydrogen-bond acceptors (Lipinski definition) is 1. The third-order valence-corrected chi connectivity index (χ3v) is 1.26. The molecule has 0 aromatic heterocycles. The fourth-order valence-corrected chi connectivity index (χ4v) is 0.734. The van der Waals surface area contributed by atoms with Gasteiger partial charge >= 0.3 is 29.6 Å². The van der Waals surface area contributed by atoms with Crippen LogP contribution in [-0.2, 0) is 0 Å². The van der Waals surface area contributed by atoms with Gasteiger partial charge in [-0.3, -0.25) is 4.79 Å². The summed E-state index contributed by atoms with van der Waals surface area (Å²) in [6.07, 6.45) is 0. The number of nitrogens with one attached hydrogen (secondary N) is 1. The van der Waals surface area contributed by atoms with Gasteiger partial charge in [0.25, 0.3) is 5.91 Å². The van der Waals surface area contributed by atoms with Crippen molar-refractivity contribution >= 4 is 5.91 Å². The summed E-state index contributed by atoms with van der Waals surface area (Å²) in [5, 5.41) is 2.54. The van der Waals surface area contributed by atoms with Crippen LogP contribution in [0, 0.1) is 0 Å². The Balaban J connectivity index is 0.000001000. The van der Waals surface area contributed by atoms with Crippen molar-refractivity contribution < 1.29 is 34.4 Å². The summed E-state index contributed by atoms with van der Waals surface area (Å²) < 4.78 is 0. The van der Waals surface area contributed by atoms with E-state index in [9.17, 15) is 4.79 Å². The molecule has 0 fully saturated rings. The van der Waals surface area contributed by atoms with Crippen LogP contribution in [0.4, 0.5) is 0 Å². The molecule has 1 rings (SSSR count). The smallest absolute Gasteiger partial charge is 0.355 e. The van der Waals surface area contributed by atoms with E-state index >= 15 is 0 Å². The van der Waals surface area contributed by atoms with E-state index in [1.165, 1.54) is 0 Å². The van der Waals surface area contributed by atoms with Crippen LogP contribution in [0.2, 0.25) is 0 Å². The molecule has 0 heterocycles. The summed E-state index contributed by atoms with van der Waals surface area (Å²) in [4.78, 5) is 10.9. The van der Waals surface area contributed by atoms with Crippen LogP contribution < -0.4 is 34.9 Å². The van der Waals surface area contributed by atoms with Gasteiger partial charge in [0.15, 0.2) is 0 Å². The van der Waals surface area contributed by atoms with Gasteiger partial charge in [-0.05, 0) is 12.1 Å². The normalized spacial score (nSPS) is 8.09. The second-order valence-corrected chi connectivity index (χ2v) is 1.95. The van der Waals surface area contributed by atoms with Crippen LogP contribution in [0.15, 0.2) is 30.3 Å². The number of carbonyl (C=O) groups is 1. The molecule has 0 bridgehead atoms. The molecule has 52 valence electrons. The van der Waals surface area contributed by atoms with Gasteiger partial charge in [-0.25, -0.2) is 0 Å². The van der Waals surface area contributed by atoms with Crippen LogP contribution in [0.5, 0.6) is 0 Å². The van der Waals surface area contributed by atoms with Crippen molar-refractivity contribution in [3.05, 3.63) is 35.9 Å². The van der Waals surface area contributed by atoms with Crippen molar-refractivity contribution in [2.75, 3.05) is 7.05 Å². The first-order valence-electron chi connectivity index (χ1n) is 3.11. The average Bonchev–Trinajstić information content (AvgIpc) is 2.05. The van der Waals surface area contributed by atoms with Gasteiger partial charge in [0, 0.05) is 12.6 Å². The molecular weight excluding hydrogens is 149 g/mol. The van der Waals surface area contributed by atoms with Crippen molar-refractivity contribution in [3.63, 3.8) is 0 Å². The molecule has 0 unspecified atom stereocenters. The quantitative estimate of drug-likeness (QED) is 0.473. The zero-order chi connectivity index (χ0) is 7.40. The number of rotatable bonds is 1. The minimum absolute atomic E-state index is 0. The maximum Gasteiger partial charge on any atom is 1.00 e. The molecule has 0 saturated carbocycles. The van der Waals surface area contributed by atoms with E-state index in [2.05, 4.69) is 5.32 Å². The Morgan fingerprint density at radius 1 is 1.27 bits per heavy atom. The molecule has 0 spiro atoms. The van der Waals surface area contributed by atoms with Gasteiger partial charge in [-0.15, -0.1) is 0 Å². The van der Waals surface area contributed by atoms with Crippen molar-refractivity contribution in [1.29, 1.82) is 0 Å². The van der Waals surface area contributed by atoms with Crippen LogP contribution in [0.1, 0.15) is 10.4 Å². The van der Waals surface area contributed by atoms with Gasteiger partial charge in [0.05, 0.1) is 0 Å².